The summed E-state index contributed by atoms with van der Waals surface area (Å²) in [7, 11) is 0. The van der Waals surface area contributed by atoms with Crippen LogP contribution in [0.4, 0.5) is 0 Å². The molecule has 0 fully saturated rings. The van der Waals surface area contributed by atoms with E-state index in [-0.39, 0.29) is 0 Å². The molecule has 2 heteroatoms. The quantitative estimate of drug-likeness (QED) is 0.667. The molecule has 0 aromatic carbocycles. The fourth-order valence-corrected chi connectivity index (χ4v) is 1.80. The van der Waals surface area contributed by atoms with Gasteiger partial charge in [-0.3, -0.25) is 0 Å². The van der Waals surface area contributed by atoms with E-state index >= 15 is 0 Å². The molecule has 1 heterocycles. The predicted molar refractivity (Wildman–Crippen MR) is 56.3 cm³/mol. The maximum Gasteiger partial charge on any atom is 0.143 e. The van der Waals surface area contributed by atoms with Gasteiger partial charge >= 0.3 is 0 Å². The Morgan fingerprint density at radius 2 is 2.36 bits per heavy atom. The third-order valence-electron chi connectivity index (χ3n) is 2.76. The second-order valence-electron chi connectivity index (χ2n) is 4.27. The van der Waals surface area contributed by atoms with Crippen molar-refractivity contribution in [2.24, 2.45) is 0 Å². The molecule has 0 N–H and O–H groups in total. The predicted octanol–water partition coefficient (Wildman–Crippen LogP) is 3.62. The van der Waals surface area contributed by atoms with Gasteiger partial charge in [0.25, 0.3) is 0 Å². The SMILES string of the molecule is CC(C)c1cc(C2C=CCCC2)on1. The van der Waals surface area contributed by atoms with Crippen LogP contribution in [0.3, 0.4) is 0 Å². The Morgan fingerprint density at radius 1 is 1.50 bits per heavy atom. The first-order valence-corrected chi connectivity index (χ1v) is 5.40. The Hall–Kier alpha value is -1.05. The van der Waals surface area contributed by atoms with E-state index in [9.17, 15) is 0 Å². The van der Waals surface area contributed by atoms with Gasteiger partial charge in [-0.2, -0.15) is 0 Å². The summed E-state index contributed by atoms with van der Waals surface area (Å²) in [5.74, 6) is 1.95. The van der Waals surface area contributed by atoms with Crippen LogP contribution in [0.2, 0.25) is 0 Å². The minimum atomic E-state index is 0.458. The summed E-state index contributed by atoms with van der Waals surface area (Å²) in [6.45, 7) is 4.27. The lowest BCUT2D eigenvalue weighted by Crippen LogP contribution is -1.97. The molecule has 0 saturated heterocycles. The summed E-state index contributed by atoms with van der Waals surface area (Å²) >= 11 is 0. The van der Waals surface area contributed by atoms with Gasteiger partial charge in [-0.05, 0) is 25.2 Å². The smallest absolute Gasteiger partial charge is 0.143 e. The standard InChI is InChI=1S/C12H17NO/c1-9(2)11-8-12(14-13-11)10-6-4-3-5-7-10/h4,6,8-10H,3,5,7H2,1-2H3. The molecular weight excluding hydrogens is 174 g/mol. The minimum absolute atomic E-state index is 0.458. The number of hydrogen-bond acceptors (Lipinski definition) is 2. The Kier molecular flexibility index (Phi) is 2.71. The average Bonchev–Trinajstić information content (AvgIpc) is 2.68. The van der Waals surface area contributed by atoms with E-state index < -0.39 is 0 Å². The normalized spacial score (nSPS) is 21.8. The van der Waals surface area contributed by atoms with Gasteiger partial charge in [-0.1, -0.05) is 31.2 Å². The van der Waals surface area contributed by atoms with Crippen LogP contribution < -0.4 is 0 Å². The van der Waals surface area contributed by atoms with Crippen LogP contribution in [0.5, 0.6) is 0 Å². The van der Waals surface area contributed by atoms with E-state index in [0.29, 0.717) is 11.8 Å². The molecule has 0 amide bonds. The summed E-state index contributed by atoms with van der Waals surface area (Å²) in [4.78, 5) is 0. The zero-order valence-corrected chi connectivity index (χ0v) is 8.86. The highest BCUT2D eigenvalue weighted by Gasteiger charge is 2.16. The molecule has 1 unspecified atom stereocenters. The summed E-state index contributed by atoms with van der Waals surface area (Å²) < 4.78 is 5.36. The van der Waals surface area contributed by atoms with Crippen molar-refractivity contribution in [3.05, 3.63) is 29.7 Å². The van der Waals surface area contributed by atoms with E-state index in [1.165, 1.54) is 19.3 Å². The highest BCUT2D eigenvalue weighted by molar-refractivity contribution is 5.18. The molecule has 1 aromatic rings. The molecule has 1 aliphatic rings. The van der Waals surface area contributed by atoms with Crippen molar-refractivity contribution in [3.8, 4) is 0 Å². The molecule has 2 rings (SSSR count). The Morgan fingerprint density at radius 3 is 2.93 bits per heavy atom. The van der Waals surface area contributed by atoms with Gasteiger partial charge in [-0.25, -0.2) is 0 Å². The number of rotatable bonds is 2. The fourth-order valence-electron chi connectivity index (χ4n) is 1.80. The van der Waals surface area contributed by atoms with Crippen LogP contribution >= 0.6 is 0 Å². The summed E-state index contributed by atoms with van der Waals surface area (Å²) in [6, 6.07) is 2.10. The van der Waals surface area contributed by atoms with E-state index in [1.807, 2.05) is 0 Å². The maximum atomic E-state index is 5.36. The zero-order valence-electron chi connectivity index (χ0n) is 8.86. The topological polar surface area (TPSA) is 26.0 Å². The Labute approximate surface area is 85.0 Å². The minimum Gasteiger partial charge on any atom is -0.361 e. The summed E-state index contributed by atoms with van der Waals surface area (Å²) in [6.07, 6.45) is 8.16. The van der Waals surface area contributed by atoms with Crippen LogP contribution in [-0.2, 0) is 0 Å². The van der Waals surface area contributed by atoms with Gasteiger partial charge < -0.3 is 4.52 Å². The average molecular weight is 191 g/mol. The molecule has 0 radical (unpaired) electrons. The molecule has 1 aliphatic carbocycles. The number of nitrogens with zero attached hydrogens (tertiary/aromatic N) is 1. The second-order valence-corrected chi connectivity index (χ2v) is 4.27. The van der Waals surface area contributed by atoms with Crippen molar-refractivity contribution in [2.45, 2.75) is 44.9 Å². The van der Waals surface area contributed by atoms with Gasteiger partial charge in [0.1, 0.15) is 5.76 Å². The molecule has 0 spiro atoms. The lowest BCUT2D eigenvalue weighted by atomic mass is 9.93. The molecule has 1 atom stereocenters. The molecule has 14 heavy (non-hydrogen) atoms. The van der Waals surface area contributed by atoms with Crippen molar-refractivity contribution in [2.75, 3.05) is 0 Å². The zero-order chi connectivity index (χ0) is 9.97. The van der Waals surface area contributed by atoms with E-state index in [1.54, 1.807) is 0 Å². The van der Waals surface area contributed by atoms with Crippen molar-refractivity contribution in [3.63, 3.8) is 0 Å². The van der Waals surface area contributed by atoms with Crippen molar-refractivity contribution in [1.82, 2.24) is 5.16 Å². The largest absolute Gasteiger partial charge is 0.361 e. The first-order chi connectivity index (χ1) is 6.77. The first kappa shape index (κ1) is 9.50. The molecule has 2 nitrogen and oxygen atoms in total. The number of allylic oxidation sites excluding steroid dienone is 2. The van der Waals surface area contributed by atoms with Crippen LogP contribution in [-0.4, -0.2) is 5.16 Å². The van der Waals surface area contributed by atoms with Crippen LogP contribution in [0.1, 0.15) is 56.4 Å². The number of aromatic nitrogens is 1. The summed E-state index contributed by atoms with van der Waals surface area (Å²) in [5.41, 5.74) is 1.07. The van der Waals surface area contributed by atoms with Gasteiger partial charge in [0.15, 0.2) is 0 Å². The number of hydrogen-bond donors (Lipinski definition) is 0. The monoisotopic (exact) mass is 191 g/mol. The van der Waals surface area contributed by atoms with Crippen molar-refractivity contribution >= 4 is 0 Å². The van der Waals surface area contributed by atoms with Crippen LogP contribution in [0.25, 0.3) is 0 Å². The van der Waals surface area contributed by atoms with Gasteiger partial charge in [-0.15, -0.1) is 0 Å². The van der Waals surface area contributed by atoms with Crippen LogP contribution in [0.15, 0.2) is 22.7 Å². The lowest BCUT2D eigenvalue weighted by Gasteiger charge is -2.11. The van der Waals surface area contributed by atoms with E-state index in [2.05, 4.69) is 37.2 Å². The van der Waals surface area contributed by atoms with E-state index in [4.69, 9.17) is 4.52 Å². The summed E-state index contributed by atoms with van der Waals surface area (Å²) in [5, 5.41) is 4.08. The van der Waals surface area contributed by atoms with Crippen LogP contribution in [0, 0.1) is 0 Å². The second kappa shape index (κ2) is 3.99. The molecule has 0 bridgehead atoms. The van der Waals surface area contributed by atoms with Gasteiger partial charge in [0, 0.05) is 12.0 Å². The highest BCUT2D eigenvalue weighted by Crippen LogP contribution is 2.29. The molecular formula is C12H17NO. The Bertz CT molecular complexity index is 325. The highest BCUT2D eigenvalue weighted by atomic mass is 16.5. The molecule has 1 aromatic heterocycles. The molecule has 0 aliphatic heterocycles. The van der Waals surface area contributed by atoms with E-state index in [0.717, 1.165) is 11.5 Å². The first-order valence-electron chi connectivity index (χ1n) is 5.40. The maximum absolute atomic E-state index is 5.36. The third kappa shape index (κ3) is 1.89. The van der Waals surface area contributed by atoms with Crippen molar-refractivity contribution < 1.29 is 4.52 Å². The van der Waals surface area contributed by atoms with Gasteiger partial charge in [0.05, 0.1) is 5.69 Å². The Balaban J connectivity index is 2.15. The van der Waals surface area contributed by atoms with Crippen molar-refractivity contribution in [1.29, 1.82) is 0 Å². The van der Waals surface area contributed by atoms with Gasteiger partial charge in [0.2, 0.25) is 0 Å². The fraction of sp³-hybridized carbons (Fsp3) is 0.583. The molecule has 76 valence electrons. The lowest BCUT2D eigenvalue weighted by molar-refractivity contribution is 0.358. The third-order valence-corrected chi connectivity index (χ3v) is 2.76. The molecule has 0 saturated carbocycles.